The van der Waals surface area contributed by atoms with Crippen LogP contribution in [0.1, 0.15) is 5.56 Å². The summed E-state index contributed by atoms with van der Waals surface area (Å²) in [5.41, 5.74) is 0.667. The number of ether oxygens (including phenoxy) is 1. The van der Waals surface area contributed by atoms with Crippen molar-refractivity contribution in [3.8, 4) is 5.75 Å². The van der Waals surface area contributed by atoms with Gasteiger partial charge in [0.05, 0.1) is 18.0 Å². The predicted molar refractivity (Wildman–Crippen MR) is 67.3 cm³/mol. The molecule has 0 aliphatic carbocycles. The minimum atomic E-state index is -0.881. The number of methoxy groups -OCH3 is 1. The molecule has 88 valence electrons. The first-order valence-corrected chi connectivity index (χ1v) is 5.73. The van der Waals surface area contributed by atoms with E-state index in [1.165, 1.54) is 0 Å². The molecule has 0 amide bonds. The highest BCUT2D eigenvalue weighted by Gasteiger charge is 2.12. The topological polar surface area (TPSA) is 59.4 Å². The van der Waals surface area contributed by atoms with Crippen molar-refractivity contribution in [2.24, 2.45) is 0 Å². The first kappa shape index (κ1) is 11.9. The Hall–Kier alpha value is -1.62. The zero-order chi connectivity index (χ0) is 12.4. The van der Waals surface area contributed by atoms with Crippen molar-refractivity contribution in [1.29, 1.82) is 0 Å². The van der Waals surface area contributed by atoms with Crippen LogP contribution < -0.4 is 4.74 Å². The van der Waals surface area contributed by atoms with Crippen molar-refractivity contribution in [1.82, 2.24) is 4.98 Å². The Morgan fingerprint density at radius 2 is 2.24 bits per heavy atom. The third-order valence-electron chi connectivity index (χ3n) is 2.47. The van der Waals surface area contributed by atoms with Gasteiger partial charge in [0.1, 0.15) is 5.75 Å². The highest BCUT2D eigenvalue weighted by atomic mass is 79.9. The van der Waals surface area contributed by atoms with Crippen molar-refractivity contribution in [2.45, 2.75) is 6.42 Å². The number of aromatic nitrogens is 1. The number of rotatable bonds is 3. The number of fused-ring (bicyclic) bond motifs is 1. The number of hydrogen-bond acceptors (Lipinski definition) is 3. The largest absolute Gasteiger partial charge is 0.496 e. The van der Waals surface area contributed by atoms with Crippen LogP contribution in [-0.2, 0) is 11.2 Å². The third kappa shape index (κ3) is 2.24. The van der Waals surface area contributed by atoms with Crippen molar-refractivity contribution in [3.05, 3.63) is 34.6 Å². The van der Waals surface area contributed by atoms with Gasteiger partial charge in [-0.15, -0.1) is 0 Å². The minimum Gasteiger partial charge on any atom is -0.496 e. The molecule has 0 bridgehead atoms. The molecule has 0 radical (unpaired) electrons. The quantitative estimate of drug-likeness (QED) is 0.946. The summed E-state index contributed by atoms with van der Waals surface area (Å²) in [6.07, 6.45) is 3.21. The molecule has 0 fully saturated rings. The molecule has 0 aliphatic rings. The summed E-state index contributed by atoms with van der Waals surface area (Å²) in [7, 11) is 1.57. The molecule has 17 heavy (non-hydrogen) atoms. The second kappa shape index (κ2) is 4.71. The van der Waals surface area contributed by atoms with Crippen LogP contribution in [0.4, 0.5) is 0 Å². The number of benzene rings is 1. The van der Waals surface area contributed by atoms with Gasteiger partial charge in [-0.2, -0.15) is 0 Å². The lowest BCUT2D eigenvalue weighted by molar-refractivity contribution is -0.136. The Kier molecular flexibility index (Phi) is 3.28. The highest BCUT2D eigenvalue weighted by Crippen LogP contribution is 2.34. The standard InChI is InChI=1S/C12H10BrNO3/c1-17-9-3-2-7-5-14-6-8(4-10(15)16)11(7)12(9)13/h2-3,5-6H,4H2,1H3,(H,15,16). The predicted octanol–water partition coefficient (Wildman–Crippen LogP) is 2.63. The molecule has 1 N–H and O–H groups in total. The molecule has 0 saturated heterocycles. The van der Waals surface area contributed by atoms with Gasteiger partial charge in [-0.1, -0.05) is 0 Å². The third-order valence-corrected chi connectivity index (χ3v) is 3.25. The highest BCUT2D eigenvalue weighted by molar-refractivity contribution is 9.10. The number of carbonyl (C=O) groups is 1. The van der Waals surface area contributed by atoms with Crippen LogP contribution in [0.15, 0.2) is 29.0 Å². The van der Waals surface area contributed by atoms with Gasteiger partial charge in [0.15, 0.2) is 0 Å². The average molecular weight is 296 g/mol. The van der Waals surface area contributed by atoms with Crippen LogP contribution in [0, 0.1) is 0 Å². The van der Waals surface area contributed by atoms with Crippen molar-refractivity contribution in [3.63, 3.8) is 0 Å². The molecule has 0 spiro atoms. The van der Waals surface area contributed by atoms with Crippen molar-refractivity contribution in [2.75, 3.05) is 7.11 Å². The van der Waals surface area contributed by atoms with E-state index in [2.05, 4.69) is 20.9 Å². The van der Waals surface area contributed by atoms with Crippen molar-refractivity contribution < 1.29 is 14.6 Å². The van der Waals surface area contributed by atoms with E-state index < -0.39 is 5.97 Å². The van der Waals surface area contributed by atoms with E-state index in [1.807, 2.05) is 12.1 Å². The Bertz CT molecular complexity index is 583. The number of carboxylic acid groups (broad SMARTS) is 1. The van der Waals surface area contributed by atoms with Gasteiger partial charge >= 0.3 is 5.97 Å². The number of hydrogen-bond donors (Lipinski definition) is 1. The summed E-state index contributed by atoms with van der Waals surface area (Å²) < 4.78 is 5.96. The Morgan fingerprint density at radius 3 is 2.88 bits per heavy atom. The molecular formula is C12H10BrNO3. The van der Waals surface area contributed by atoms with Gasteiger partial charge in [0.2, 0.25) is 0 Å². The average Bonchev–Trinajstić information content (AvgIpc) is 2.29. The van der Waals surface area contributed by atoms with E-state index in [4.69, 9.17) is 9.84 Å². The molecule has 1 heterocycles. The second-order valence-electron chi connectivity index (χ2n) is 3.55. The van der Waals surface area contributed by atoms with Gasteiger partial charge in [-0.05, 0) is 33.6 Å². The molecule has 0 saturated carbocycles. The number of carboxylic acids is 1. The number of aliphatic carboxylic acids is 1. The number of halogens is 1. The van der Waals surface area contributed by atoms with Crippen LogP contribution >= 0.6 is 15.9 Å². The maximum atomic E-state index is 10.8. The number of nitrogens with zero attached hydrogens (tertiary/aromatic N) is 1. The van der Waals surface area contributed by atoms with E-state index >= 15 is 0 Å². The molecule has 4 nitrogen and oxygen atoms in total. The van der Waals surface area contributed by atoms with Gasteiger partial charge < -0.3 is 9.84 Å². The van der Waals surface area contributed by atoms with E-state index in [0.717, 1.165) is 15.2 Å². The summed E-state index contributed by atoms with van der Waals surface area (Å²) in [5, 5.41) is 10.6. The first-order chi connectivity index (χ1) is 8.13. The van der Waals surface area contributed by atoms with Crippen LogP contribution in [-0.4, -0.2) is 23.2 Å². The molecule has 0 aliphatic heterocycles. The molecule has 5 heteroatoms. The molecule has 2 aromatic rings. The summed E-state index contributed by atoms with van der Waals surface area (Å²) in [6.45, 7) is 0. The molecule has 1 aromatic heterocycles. The molecule has 2 rings (SSSR count). The monoisotopic (exact) mass is 295 g/mol. The van der Waals surface area contributed by atoms with Crippen LogP contribution in [0.5, 0.6) is 5.75 Å². The fraction of sp³-hybridized carbons (Fsp3) is 0.167. The van der Waals surface area contributed by atoms with Gasteiger partial charge in [0, 0.05) is 23.2 Å². The Balaban J connectivity index is 2.71. The van der Waals surface area contributed by atoms with Crippen LogP contribution in [0.2, 0.25) is 0 Å². The fourth-order valence-corrected chi connectivity index (χ4v) is 2.51. The Morgan fingerprint density at radius 1 is 1.47 bits per heavy atom. The maximum absolute atomic E-state index is 10.8. The minimum absolute atomic E-state index is 0.0594. The molecular weight excluding hydrogens is 286 g/mol. The SMILES string of the molecule is COc1ccc2cncc(CC(=O)O)c2c1Br. The summed E-state index contributed by atoms with van der Waals surface area (Å²) in [4.78, 5) is 14.8. The first-order valence-electron chi connectivity index (χ1n) is 4.94. The lowest BCUT2D eigenvalue weighted by Crippen LogP contribution is -2.02. The summed E-state index contributed by atoms with van der Waals surface area (Å²) in [5.74, 6) is -0.204. The van der Waals surface area contributed by atoms with E-state index in [9.17, 15) is 4.79 Å². The Labute approximate surface area is 106 Å². The van der Waals surface area contributed by atoms with Gasteiger partial charge in [-0.25, -0.2) is 0 Å². The second-order valence-corrected chi connectivity index (χ2v) is 4.34. The fourth-order valence-electron chi connectivity index (χ4n) is 1.73. The normalized spacial score (nSPS) is 10.5. The maximum Gasteiger partial charge on any atom is 0.307 e. The van der Waals surface area contributed by atoms with Crippen LogP contribution in [0.25, 0.3) is 10.8 Å². The summed E-state index contributed by atoms with van der Waals surface area (Å²) >= 11 is 3.44. The van der Waals surface area contributed by atoms with E-state index in [1.54, 1.807) is 19.5 Å². The van der Waals surface area contributed by atoms with Crippen molar-refractivity contribution >= 4 is 32.7 Å². The van der Waals surface area contributed by atoms with E-state index in [0.29, 0.717) is 11.3 Å². The van der Waals surface area contributed by atoms with Gasteiger partial charge in [0.25, 0.3) is 0 Å². The summed E-state index contributed by atoms with van der Waals surface area (Å²) in [6, 6.07) is 3.68. The molecule has 0 unspecified atom stereocenters. The lowest BCUT2D eigenvalue weighted by atomic mass is 10.1. The lowest BCUT2D eigenvalue weighted by Gasteiger charge is -2.09. The smallest absolute Gasteiger partial charge is 0.307 e. The van der Waals surface area contributed by atoms with Crippen LogP contribution in [0.3, 0.4) is 0 Å². The molecule has 1 aromatic carbocycles. The van der Waals surface area contributed by atoms with E-state index in [-0.39, 0.29) is 6.42 Å². The molecule has 0 atom stereocenters. The zero-order valence-electron chi connectivity index (χ0n) is 9.11. The zero-order valence-corrected chi connectivity index (χ0v) is 10.7. The van der Waals surface area contributed by atoms with Gasteiger partial charge in [-0.3, -0.25) is 9.78 Å². The number of pyridine rings is 1.